The van der Waals surface area contributed by atoms with Crippen LogP contribution in [-0.4, -0.2) is 83.2 Å². The molecule has 0 aromatic heterocycles. The van der Waals surface area contributed by atoms with Crippen molar-refractivity contribution in [1.29, 1.82) is 0 Å². The number of hydrogen-bond donors (Lipinski definition) is 2. The van der Waals surface area contributed by atoms with Crippen LogP contribution in [0.15, 0.2) is 30.3 Å². The second kappa shape index (κ2) is 9.39. The third kappa shape index (κ3) is 5.23. The molecule has 1 heterocycles. The van der Waals surface area contributed by atoms with E-state index in [0.717, 1.165) is 45.4 Å². The topological polar surface area (TPSA) is 76.1 Å². The Hall–Kier alpha value is -2.12. The van der Waals surface area contributed by atoms with Crippen LogP contribution in [0, 0.1) is 0 Å². The van der Waals surface area contributed by atoms with E-state index >= 15 is 0 Å². The molecule has 1 aromatic carbocycles. The van der Waals surface area contributed by atoms with Gasteiger partial charge in [-0.2, -0.15) is 0 Å². The number of amides is 2. The first kappa shape index (κ1) is 20.6. The smallest absolute Gasteiger partial charge is 0.317 e. The maximum absolute atomic E-state index is 12.6. The molecule has 154 valence electrons. The number of likely N-dealkylation sites (N-methyl/N-ethyl adjacent to an activating group) is 2. The van der Waals surface area contributed by atoms with E-state index in [4.69, 9.17) is 5.11 Å². The number of carbonyl (C=O) groups is 2. The third-order valence-corrected chi connectivity index (χ3v) is 6.07. The first-order valence-corrected chi connectivity index (χ1v) is 10.2. The number of rotatable bonds is 8. The summed E-state index contributed by atoms with van der Waals surface area (Å²) >= 11 is 0. The van der Waals surface area contributed by atoms with Gasteiger partial charge in [-0.05, 0) is 31.4 Å². The fourth-order valence-corrected chi connectivity index (χ4v) is 4.23. The molecule has 2 fully saturated rings. The number of nitrogens with one attached hydrogen (secondary N) is 1. The number of carboxylic acid groups (broad SMARTS) is 1. The quantitative estimate of drug-likeness (QED) is 0.711. The van der Waals surface area contributed by atoms with E-state index in [1.165, 1.54) is 5.56 Å². The molecule has 1 atom stereocenters. The maximum atomic E-state index is 12.6. The summed E-state index contributed by atoms with van der Waals surface area (Å²) in [5.41, 5.74) is 1.30. The number of benzene rings is 1. The SMILES string of the molecule is CCN(CC(=O)O)C1CC(NC(=O)N(C)C2CCN(Cc3ccccc3)C2)C1. The fourth-order valence-electron chi connectivity index (χ4n) is 4.23. The van der Waals surface area contributed by atoms with Gasteiger partial charge in [-0.15, -0.1) is 0 Å². The van der Waals surface area contributed by atoms with Crippen molar-refractivity contribution in [2.75, 3.05) is 33.2 Å². The Bertz CT molecular complexity index is 663. The van der Waals surface area contributed by atoms with Crippen molar-refractivity contribution < 1.29 is 14.7 Å². The van der Waals surface area contributed by atoms with Crippen LogP contribution in [-0.2, 0) is 11.3 Å². The van der Waals surface area contributed by atoms with Crippen LogP contribution in [0.25, 0.3) is 0 Å². The molecule has 2 N–H and O–H groups in total. The van der Waals surface area contributed by atoms with E-state index in [9.17, 15) is 9.59 Å². The summed E-state index contributed by atoms with van der Waals surface area (Å²) in [6.07, 6.45) is 2.64. The van der Waals surface area contributed by atoms with Crippen LogP contribution >= 0.6 is 0 Å². The minimum Gasteiger partial charge on any atom is -0.480 e. The van der Waals surface area contributed by atoms with Gasteiger partial charge in [-0.1, -0.05) is 37.3 Å². The Morgan fingerprint density at radius 3 is 2.57 bits per heavy atom. The summed E-state index contributed by atoms with van der Waals surface area (Å²) in [6, 6.07) is 11.0. The van der Waals surface area contributed by atoms with Crippen molar-refractivity contribution in [1.82, 2.24) is 20.0 Å². The Labute approximate surface area is 167 Å². The Morgan fingerprint density at radius 2 is 1.93 bits per heavy atom. The van der Waals surface area contributed by atoms with Crippen molar-refractivity contribution >= 4 is 12.0 Å². The van der Waals surface area contributed by atoms with Gasteiger partial charge in [0.1, 0.15) is 0 Å². The minimum atomic E-state index is -0.796. The van der Waals surface area contributed by atoms with Crippen LogP contribution in [0.1, 0.15) is 31.7 Å². The lowest BCUT2D eigenvalue weighted by Crippen LogP contribution is -2.57. The van der Waals surface area contributed by atoms with E-state index in [2.05, 4.69) is 34.5 Å². The largest absolute Gasteiger partial charge is 0.480 e. The van der Waals surface area contributed by atoms with Gasteiger partial charge in [0.2, 0.25) is 0 Å². The molecule has 0 spiro atoms. The molecule has 1 saturated carbocycles. The van der Waals surface area contributed by atoms with Gasteiger partial charge < -0.3 is 15.3 Å². The molecule has 28 heavy (non-hydrogen) atoms. The number of carboxylic acids is 1. The summed E-state index contributed by atoms with van der Waals surface area (Å²) in [5, 5.41) is 12.1. The van der Waals surface area contributed by atoms with E-state index < -0.39 is 5.97 Å². The van der Waals surface area contributed by atoms with Gasteiger partial charge in [-0.25, -0.2) is 4.79 Å². The Morgan fingerprint density at radius 1 is 1.21 bits per heavy atom. The van der Waals surface area contributed by atoms with E-state index in [1.807, 2.05) is 29.8 Å². The molecular formula is C21H32N4O3. The summed E-state index contributed by atoms with van der Waals surface area (Å²) in [5.74, 6) is -0.796. The standard InChI is InChI=1S/C21H32N4O3/c1-3-25(15-20(26)27)19-11-17(12-19)22-21(28)23(2)18-9-10-24(14-18)13-16-7-5-4-6-8-16/h4-8,17-19H,3,9-15H2,1-2H3,(H,22,28)(H,26,27). The number of aliphatic carboxylic acids is 1. The molecule has 3 rings (SSSR count). The molecule has 7 heteroatoms. The number of likely N-dealkylation sites (tertiary alicyclic amines) is 1. The van der Waals surface area contributed by atoms with Gasteiger partial charge in [0.15, 0.2) is 0 Å². The molecule has 1 aromatic rings. The average Bonchev–Trinajstić information content (AvgIpc) is 3.11. The lowest BCUT2D eigenvalue weighted by Gasteiger charge is -2.43. The lowest BCUT2D eigenvalue weighted by molar-refractivity contribution is -0.139. The van der Waals surface area contributed by atoms with Crippen LogP contribution in [0.2, 0.25) is 0 Å². The van der Waals surface area contributed by atoms with E-state index in [1.54, 1.807) is 0 Å². The van der Waals surface area contributed by atoms with E-state index in [0.29, 0.717) is 0 Å². The molecule has 1 aliphatic heterocycles. The van der Waals surface area contributed by atoms with Gasteiger partial charge >= 0.3 is 12.0 Å². The summed E-state index contributed by atoms with van der Waals surface area (Å²) in [7, 11) is 1.88. The normalized spacial score (nSPS) is 24.8. The zero-order valence-corrected chi connectivity index (χ0v) is 16.9. The summed E-state index contributed by atoms with van der Waals surface area (Å²) in [4.78, 5) is 29.7. The second-order valence-corrected chi connectivity index (χ2v) is 8.00. The average molecular weight is 389 g/mol. The summed E-state index contributed by atoms with van der Waals surface area (Å²) in [6.45, 7) is 5.59. The first-order valence-electron chi connectivity index (χ1n) is 10.2. The predicted molar refractivity (Wildman–Crippen MR) is 108 cm³/mol. The van der Waals surface area contributed by atoms with Crippen molar-refractivity contribution in [2.24, 2.45) is 0 Å². The third-order valence-electron chi connectivity index (χ3n) is 6.07. The molecule has 1 unspecified atom stereocenters. The number of carbonyl (C=O) groups excluding carboxylic acids is 1. The van der Waals surface area contributed by atoms with E-state index in [-0.39, 0.29) is 30.7 Å². The predicted octanol–water partition coefficient (Wildman–Crippen LogP) is 1.84. The van der Waals surface area contributed by atoms with Crippen LogP contribution in [0.4, 0.5) is 4.79 Å². The highest BCUT2D eigenvalue weighted by molar-refractivity contribution is 5.74. The molecule has 0 bridgehead atoms. The maximum Gasteiger partial charge on any atom is 0.317 e. The monoisotopic (exact) mass is 388 g/mol. The number of nitrogens with zero attached hydrogens (tertiary/aromatic N) is 3. The highest BCUT2D eigenvalue weighted by Crippen LogP contribution is 2.26. The van der Waals surface area contributed by atoms with Crippen molar-refractivity contribution in [3.05, 3.63) is 35.9 Å². The molecule has 2 aliphatic rings. The molecule has 1 saturated heterocycles. The van der Waals surface area contributed by atoms with Crippen molar-refractivity contribution in [3.8, 4) is 0 Å². The van der Waals surface area contributed by atoms with Crippen LogP contribution in [0.3, 0.4) is 0 Å². The zero-order chi connectivity index (χ0) is 20.1. The highest BCUT2D eigenvalue weighted by atomic mass is 16.4. The Kier molecular flexibility index (Phi) is 6.91. The molecule has 7 nitrogen and oxygen atoms in total. The number of urea groups is 1. The zero-order valence-electron chi connectivity index (χ0n) is 16.9. The molecular weight excluding hydrogens is 356 g/mol. The van der Waals surface area contributed by atoms with Gasteiger partial charge in [0.25, 0.3) is 0 Å². The van der Waals surface area contributed by atoms with Crippen LogP contribution < -0.4 is 5.32 Å². The molecule has 2 amide bonds. The Balaban J connectivity index is 1.40. The summed E-state index contributed by atoms with van der Waals surface area (Å²) < 4.78 is 0. The van der Waals surface area contributed by atoms with Crippen LogP contribution in [0.5, 0.6) is 0 Å². The van der Waals surface area contributed by atoms with Crippen molar-refractivity contribution in [2.45, 2.75) is 50.9 Å². The van der Waals surface area contributed by atoms with Crippen molar-refractivity contribution in [3.63, 3.8) is 0 Å². The second-order valence-electron chi connectivity index (χ2n) is 8.00. The van der Waals surface area contributed by atoms with Gasteiger partial charge in [0.05, 0.1) is 6.54 Å². The lowest BCUT2D eigenvalue weighted by atomic mass is 9.85. The van der Waals surface area contributed by atoms with Gasteiger partial charge in [0, 0.05) is 44.8 Å². The fraction of sp³-hybridized carbons (Fsp3) is 0.619. The first-order chi connectivity index (χ1) is 13.5. The minimum absolute atomic E-state index is 0.0173. The molecule has 1 aliphatic carbocycles. The van der Waals surface area contributed by atoms with Gasteiger partial charge in [-0.3, -0.25) is 14.6 Å². The number of hydrogen-bond acceptors (Lipinski definition) is 4. The molecule has 0 radical (unpaired) electrons. The highest BCUT2D eigenvalue weighted by Gasteiger charge is 2.36.